The van der Waals surface area contributed by atoms with Gasteiger partial charge in [-0.15, -0.1) is 0 Å². The maximum absolute atomic E-state index is 12.7. The molecule has 9 nitrogen and oxygen atoms in total. The van der Waals surface area contributed by atoms with Gasteiger partial charge in [0.05, 0.1) is 16.9 Å². The zero-order valence-corrected chi connectivity index (χ0v) is 18.2. The van der Waals surface area contributed by atoms with Gasteiger partial charge in [0.15, 0.2) is 13.6 Å². The Morgan fingerprint density at radius 1 is 1.06 bits per heavy atom. The van der Waals surface area contributed by atoms with Crippen molar-refractivity contribution >= 4 is 17.5 Å². The molecule has 0 amide bonds. The lowest BCUT2D eigenvalue weighted by molar-refractivity contribution is -0.137. The van der Waals surface area contributed by atoms with Crippen LogP contribution in [0.5, 0.6) is 11.5 Å². The molecule has 2 aromatic carbocycles. The van der Waals surface area contributed by atoms with Crippen molar-refractivity contribution in [3.63, 3.8) is 0 Å². The number of carboxylic acid groups (broad SMARTS) is 1. The minimum Gasteiger partial charge on any atom is -0.477 e. The number of H-pyrrole nitrogens is 1. The number of halogens is 3. The van der Waals surface area contributed by atoms with Crippen LogP contribution in [-0.2, 0) is 22.1 Å². The molecule has 0 unspecified atom stereocenters. The van der Waals surface area contributed by atoms with Crippen molar-refractivity contribution in [3.05, 3.63) is 64.8 Å². The molecule has 3 N–H and O–H groups in total. The van der Waals surface area contributed by atoms with Crippen LogP contribution in [0.4, 0.5) is 24.7 Å². The van der Waals surface area contributed by atoms with Gasteiger partial charge >= 0.3 is 12.1 Å². The van der Waals surface area contributed by atoms with Gasteiger partial charge in [-0.2, -0.15) is 18.3 Å². The average Bonchev–Trinajstić information content (AvgIpc) is 3.22. The first-order chi connectivity index (χ1) is 16.2. The zero-order valence-electron chi connectivity index (χ0n) is 18.2. The van der Waals surface area contributed by atoms with Crippen LogP contribution in [-0.4, -0.2) is 49.1 Å². The number of carboxylic acids is 1. The molecule has 0 aliphatic heterocycles. The van der Waals surface area contributed by atoms with Crippen molar-refractivity contribution in [1.82, 2.24) is 10.2 Å². The lowest BCUT2D eigenvalue weighted by atomic mass is 10.1. The summed E-state index contributed by atoms with van der Waals surface area (Å²) in [6, 6.07) is 9.24. The van der Waals surface area contributed by atoms with E-state index in [1.54, 1.807) is 6.07 Å². The number of benzene rings is 2. The second kappa shape index (κ2) is 10.9. The number of anilines is 2. The fourth-order valence-electron chi connectivity index (χ4n) is 3.04. The predicted molar refractivity (Wildman–Crippen MR) is 115 cm³/mol. The van der Waals surface area contributed by atoms with Gasteiger partial charge in [0.1, 0.15) is 22.9 Å². The molecule has 0 atom stereocenters. The van der Waals surface area contributed by atoms with Gasteiger partial charge in [0, 0.05) is 38.8 Å². The second-order valence-electron chi connectivity index (χ2n) is 7.02. The number of hydrogen-bond acceptors (Lipinski definition) is 7. The van der Waals surface area contributed by atoms with Gasteiger partial charge in [0.25, 0.3) is 0 Å². The third-order valence-electron chi connectivity index (χ3n) is 4.53. The van der Waals surface area contributed by atoms with E-state index in [1.165, 1.54) is 38.5 Å². The summed E-state index contributed by atoms with van der Waals surface area (Å²) in [5, 5.41) is 19.5. The summed E-state index contributed by atoms with van der Waals surface area (Å²) >= 11 is 0. The van der Waals surface area contributed by atoms with Crippen LogP contribution in [0.2, 0.25) is 0 Å². The van der Waals surface area contributed by atoms with Gasteiger partial charge in [0.2, 0.25) is 0 Å². The van der Waals surface area contributed by atoms with Gasteiger partial charge in [-0.25, -0.2) is 4.79 Å². The second-order valence-corrected chi connectivity index (χ2v) is 7.02. The molecule has 0 aliphatic carbocycles. The maximum atomic E-state index is 12.7. The number of rotatable bonds is 11. The number of aromatic amines is 1. The number of nitrogens with one attached hydrogen (secondary N) is 2. The summed E-state index contributed by atoms with van der Waals surface area (Å²) in [6.45, 7) is -0.258. The summed E-state index contributed by atoms with van der Waals surface area (Å²) in [7, 11) is 2.84. The Kier molecular flexibility index (Phi) is 7.97. The highest BCUT2D eigenvalue weighted by atomic mass is 19.4. The molecular weight excluding hydrogens is 459 g/mol. The first-order valence-electron chi connectivity index (χ1n) is 9.83. The van der Waals surface area contributed by atoms with Crippen LogP contribution in [0.1, 0.15) is 27.2 Å². The SMILES string of the molecule is COCOc1cc(Nc2cc(Cc3ccc(C(F)(F)F)cc3)n[nH]2)c(C(=O)O)c(OCOC)c1. The van der Waals surface area contributed by atoms with E-state index in [1.807, 2.05) is 0 Å². The molecule has 3 rings (SSSR count). The number of carbonyl (C=O) groups is 1. The van der Waals surface area contributed by atoms with Crippen molar-refractivity contribution < 1.29 is 42.0 Å². The van der Waals surface area contributed by atoms with E-state index in [9.17, 15) is 23.1 Å². The monoisotopic (exact) mass is 481 g/mol. The molecule has 0 saturated carbocycles. The summed E-state index contributed by atoms with van der Waals surface area (Å²) in [5.41, 5.74) is 0.408. The highest BCUT2D eigenvalue weighted by Gasteiger charge is 2.30. The minimum absolute atomic E-state index is 0.00921. The summed E-state index contributed by atoms with van der Waals surface area (Å²) < 4.78 is 58.8. The number of aromatic carboxylic acids is 1. The van der Waals surface area contributed by atoms with Crippen LogP contribution < -0.4 is 14.8 Å². The maximum Gasteiger partial charge on any atom is 0.416 e. The first-order valence-corrected chi connectivity index (χ1v) is 9.83. The summed E-state index contributed by atoms with van der Waals surface area (Å²) in [6.07, 6.45) is -4.14. The molecule has 12 heteroatoms. The Morgan fingerprint density at radius 3 is 2.35 bits per heavy atom. The standard InChI is InChI=1S/C22H22F3N3O6/c1-31-11-33-16-9-17(20(21(29)30)18(10-16)34-12-32-2)26-19-8-15(27-28-19)7-13-3-5-14(6-4-13)22(23,24)25/h3-6,8-10H,7,11-12H2,1-2H3,(H,29,30)(H2,26,27,28). The molecule has 1 aromatic heterocycles. The van der Waals surface area contributed by atoms with E-state index >= 15 is 0 Å². The largest absolute Gasteiger partial charge is 0.477 e. The molecule has 0 fully saturated rings. The van der Waals surface area contributed by atoms with Gasteiger partial charge in [-0.05, 0) is 17.7 Å². The average molecular weight is 481 g/mol. The van der Waals surface area contributed by atoms with Crippen molar-refractivity contribution in [2.45, 2.75) is 12.6 Å². The van der Waals surface area contributed by atoms with E-state index < -0.39 is 17.7 Å². The topological polar surface area (TPSA) is 115 Å². The summed E-state index contributed by atoms with van der Waals surface area (Å²) in [5.74, 6) is -0.609. The molecule has 182 valence electrons. The Morgan fingerprint density at radius 2 is 1.74 bits per heavy atom. The molecule has 3 aromatic rings. The molecule has 0 saturated heterocycles. The van der Waals surface area contributed by atoms with Crippen molar-refractivity contribution in [2.75, 3.05) is 33.1 Å². The third-order valence-corrected chi connectivity index (χ3v) is 4.53. The van der Waals surface area contributed by atoms with Crippen molar-refractivity contribution in [2.24, 2.45) is 0 Å². The number of ether oxygens (including phenoxy) is 4. The third kappa shape index (κ3) is 6.39. The molecular formula is C22H22F3N3O6. The van der Waals surface area contributed by atoms with E-state index in [0.29, 0.717) is 17.1 Å². The van der Waals surface area contributed by atoms with Gasteiger partial charge in [-0.1, -0.05) is 12.1 Å². The first kappa shape index (κ1) is 24.9. The smallest absolute Gasteiger partial charge is 0.416 e. The molecule has 0 spiro atoms. The summed E-state index contributed by atoms with van der Waals surface area (Å²) in [4.78, 5) is 11.9. The fraction of sp³-hybridized carbons (Fsp3) is 0.273. The normalized spacial score (nSPS) is 11.3. The molecule has 0 bridgehead atoms. The van der Waals surface area contributed by atoms with E-state index in [2.05, 4.69) is 15.5 Å². The molecule has 34 heavy (non-hydrogen) atoms. The highest BCUT2D eigenvalue weighted by Crippen LogP contribution is 2.35. The Bertz CT molecular complexity index is 1120. The Labute approximate surface area is 192 Å². The van der Waals surface area contributed by atoms with Crippen molar-refractivity contribution in [3.8, 4) is 11.5 Å². The van der Waals surface area contributed by atoms with Gasteiger partial charge in [-0.3, -0.25) is 5.10 Å². The van der Waals surface area contributed by atoms with Crippen LogP contribution in [0, 0.1) is 0 Å². The van der Waals surface area contributed by atoms with E-state index in [0.717, 1.165) is 12.1 Å². The lowest BCUT2D eigenvalue weighted by Gasteiger charge is -2.16. The number of methoxy groups -OCH3 is 2. The Balaban J connectivity index is 1.83. The van der Waals surface area contributed by atoms with Crippen LogP contribution >= 0.6 is 0 Å². The number of aromatic nitrogens is 2. The quantitative estimate of drug-likeness (QED) is 0.345. The van der Waals surface area contributed by atoms with E-state index in [-0.39, 0.29) is 42.8 Å². The van der Waals surface area contributed by atoms with E-state index in [4.69, 9.17) is 18.9 Å². The van der Waals surface area contributed by atoms with Gasteiger partial charge < -0.3 is 29.4 Å². The molecule has 1 heterocycles. The van der Waals surface area contributed by atoms with Crippen LogP contribution in [0.15, 0.2) is 42.5 Å². The van der Waals surface area contributed by atoms with Crippen LogP contribution in [0.3, 0.4) is 0 Å². The lowest BCUT2D eigenvalue weighted by Crippen LogP contribution is -2.10. The molecule has 0 radical (unpaired) electrons. The highest BCUT2D eigenvalue weighted by molar-refractivity contribution is 5.98. The Hall–Kier alpha value is -3.77. The number of nitrogens with zero attached hydrogens (tertiary/aromatic N) is 1. The number of alkyl halides is 3. The van der Waals surface area contributed by atoms with Crippen molar-refractivity contribution in [1.29, 1.82) is 0 Å². The van der Waals surface area contributed by atoms with Crippen LogP contribution in [0.25, 0.3) is 0 Å². The number of hydrogen-bond donors (Lipinski definition) is 3. The predicted octanol–water partition coefficient (Wildman–Crippen LogP) is 4.43. The zero-order chi connectivity index (χ0) is 24.7. The minimum atomic E-state index is -4.41. The fourth-order valence-corrected chi connectivity index (χ4v) is 3.04. The molecule has 0 aliphatic rings.